The van der Waals surface area contributed by atoms with Crippen LogP contribution in [0.25, 0.3) is 0 Å². The van der Waals surface area contributed by atoms with E-state index >= 15 is 0 Å². The van der Waals surface area contributed by atoms with Gasteiger partial charge in [0.25, 0.3) is 0 Å². The standard InChI is InChI=1S/2C21H25NO3.2ClH.H2O/c2*1-16(14-17-8-10-19(11-9-17)21(23)24-2)22-12-13-25-20(15-22)18-6-4-3-5-7-18;;;/h2*3-11,16,20H,12-15H2,1-2H3;2*1H;1H2. The van der Waals surface area contributed by atoms with Crippen molar-refractivity contribution < 1.29 is 34.0 Å². The van der Waals surface area contributed by atoms with Crippen LogP contribution < -0.4 is 0 Å². The maximum Gasteiger partial charge on any atom is 0.337 e. The number of carbonyl (C=O) groups excluding carboxylic acids is 2. The summed E-state index contributed by atoms with van der Waals surface area (Å²) in [6.45, 7) is 9.73. The second kappa shape index (κ2) is 23.1. The lowest BCUT2D eigenvalue weighted by Gasteiger charge is -2.37. The van der Waals surface area contributed by atoms with Gasteiger partial charge in [-0.05, 0) is 73.2 Å². The normalized spacial score (nSPS) is 18.3. The van der Waals surface area contributed by atoms with E-state index in [9.17, 15) is 9.59 Å². The van der Waals surface area contributed by atoms with Gasteiger partial charge in [0.15, 0.2) is 0 Å². The Hall–Kier alpha value is -3.80. The molecule has 53 heavy (non-hydrogen) atoms. The number of hydrogen-bond acceptors (Lipinski definition) is 8. The Morgan fingerprint density at radius 3 is 1.26 bits per heavy atom. The van der Waals surface area contributed by atoms with Crippen LogP contribution >= 0.6 is 24.8 Å². The first-order valence-corrected chi connectivity index (χ1v) is 17.5. The third-order valence-corrected chi connectivity index (χ3v) is 9.60. The summed E-state index contributed by atoms with van der Waals surface area (Å²) in [7, 11) is 2.81. The van der Waals surface area contributed by atoms with E-state index in [1.54, 1.807) is 0 Å². The van der Waals surface area contributed by atoms with Gasteiger partial charge in [-0.2, -0.15) is 0 Å². The molecule has 2 saturated heterocycles. The molecule has 0 saturated carbocycles. The van der Waals surface area contributed by atoms with E-state index < -0.39 is 0 Å². The molecule has 6 rings (SSSR count). The highest BCUT2D eigenvalue weighted by Crippen LogP contribution is 2.25. The third kappa shape index (κ3) is 13.2. The van der Waals surface area contributed by atoms with E-state index in [2.05, 4.69) is 72.2 Å². The summed E-state index contributed by atoms with van der Waals surface area (Å²) in [5.41, 5.74) is 6.11. The first-order chi connectivity index (χ1) is 24.3. The molecule has 0 aromatic heterocycles. The zero-order chi connectivity index (χ0) is 35.3. The first-order valence-electron chi connectivity index (χ1n) is 17.5. The lowest BCUT2D eigenvalue weighted by atomic mass is 10.0. The Morgan fingerprint density at radius 1 is 0.604 bits per heavy atom. The van der Waals surface area contributed by atoms with Gasteiger partial charge < -0.3 is 24.4 Å². The lowest BCUT2D eigenvalue weighted by Crippen LogP contribution is -2.44. The quantitative estimate of drug-likeness (QED) is 0.159. The van der Waals surface area contributed by atoms with Crippen molar-refractivity contribution in [1.82, 2.24) is 9.80 Å². The van der Waals surface area contributed by atoms with Gasteiger partial charge in [0.05, 0.1) is 50.8 Å². The maximum atomic E-state index is 11.5. The summed E-state index contributed by atoms with van der Waals surface area (Å²) in [4.78, 5) is 28.0. The van der Waals surface area contributed by atoms with E-state index in [-0.39, 0.29) is 54.4 Å². The Kier molecular flexibility index (Phi) is 19.8. The monoisotopic (exact) mass is 768 g/mol. The molecule has 4 aromatic rings. The Balaban J connectivity index is 0.000000347. The van der Waals surface area contributed by atoms with Crippen molar-refractivity contribution in [3.8, 4) is 0 Å². The second-order valence-corrected chi connectivity index (χ2v) is 13.0. The smallest absolute Gasteiger partial charge is 0.337 e. The molecule has 4 unspecified atom stereocenters. The van der Waals surface area contributed by atoms with E-state index in [0.717, 1.165) is 52.2 Å². The molecular formula is C42H54Cl2N2O7. The minimum Gasteiger partial charge on any atom is -0.465 e. The van der Waals surface area contributed by atoms with Crippen LogP contribution in [0.1, 0.15) is 69.0 Å². The molecule has 9 nitrogen and oxygen atoms in total. The number of esters is 2. The molecule has 2 fully saturated rings. The molecule has 288 valence electrons. The number of rotatable bonds is 10. The number of benzene rings is 4. The van der Waals surface area contributed by atoms with Gasteiger partial charge in [0, 0.05) is 38.3 Å². The zero-order valence-corrected chi connectivity index (χ0v) is 32.7. The average molecular weight is 770 g/mol. The predicted octanol–water partition coefficient (Wildman–Crippen LogP) is 6.97. The molecule has 2 N–H and O–H groups in total. The molecule has 0 aliphatic carbocycles. The molecule has 0 amide bonds. The molecule has 4 aromatic carbocycles. The predicted molar refractivity (Wildman–Crippen MR) is 213 cm³/mol. The van der Waals surface area contributed by atoms with Crippen molar-refractivity contribution in [3.05, 3.63) is 143 Å². The minimum absolute atomic E-state index is 0. The maximum absolute atomic E-state index is 11.5. The molecule has 0 spiro atoms. The molecular weight excluding hydrogens is 715 g/mol. The molecule has 0 radical (unpaired) electrons. The fourth-order valence-electron chi connectivity index (χ4n) is 6.61. The SMILES string of the molecule is COC(=O)c1ccc(CC(C)N2CCOC(c3ccccc3)C2)cc1.COC(=O)c1ccc(CC(C)N2CCOC(c3ccccc3)C2)cc1.Cl.Cl.O. The number of methoxy groups -OCH3 is 2. The van der Waals surface area contributed by atoms with Crippen molar-refractivity contribution >= 4 is 36.8 Å². The van der Waals surface area contributed by atoms with Gasteiger partial charge in [-0.15, -0.1) is 24.8 Å². The number of nitrogens with zero attached hydrogens (tertiary/aromatic N) is 2. The lowest BCUT2D eigenvalue weighted by molar-refractivity contribution is -0.0425. The third-order valence-electron chi connectivity index (χ3n) is 9.60. The molecule has 2 heterocycles. The van der Waals surface area contributed by atoms with Gasteiger partial charge in [-0.25, -0.2) is 9.59 Å². The topological polar surface area (TPSA) is 109 Å². The highest BCUT2D eigenvalue weighted by Gasteiger charge is 2.26. The van der Waals surface area contributed by atoms with E-state index in [1.165, 1.54) is 36.5 Å². The molecule has 4 atom stereocenters. The van der Waals surface area contributed by atoms with Crippen molar-refractivity contribution in [3.63, 3.8) is 0 Å². The van der Waals surface area contributed by atoms with Crippen LogP contribution in [-0.2, 0) is 31.8 Å². The largest absolute Gasteiger partial charge is 0.465 e. The Bertz CT molecular complexity index is 1510. The Labute approximate surface area is 326 Å². The number of carbonyl (C=O) groups is 2. The summed E-state index contributed by atoms with van der Waals surface area (Å²) >= 11 is 0. The Morgan fingerprint density at radius 2 is 0.943 bits per heavy atom. The zero-order valence-electron chi connectivity index (χ0n) is 31.0. The van der Waals surface area contributed by atoms with Crippen molar-refractivity contribution in [2.75, 3.05) is 53.6 Å². The first kappa shape index (κ1) is 45.4. The summed E-state index contributed by atoms with van der Waals surface area (Å²) in [6, 6.07) is 37.0. The van der Waals surface area contributed by atoms with Gasteiger partial charge in [0.2, 0.25) is 0 Å². The van der Waals surface area contributed by atoms with Crippen molar-refractivity contribution in [2.45, 2.75) is 51.0 Å². The van der Waals surface area contributed by atoms with Gasteiger partial charge in [-0.3, -0.25) is 9.80 Å². The van der Waals surface area contributed by atoms with E-state index in [0.29, 0.717) is 23.2 Å². The highest BCUT2D eigenvalue weighted by atomic mass is 35.5. The van der Waals surface area contributed by atoms with Crippen LogP contribution in [0, 0.1) is 0 Å². The summed E-state index contributed by atoms with van der Waals surface area (Å²) < 4.78 is 21.4. The summed E-state index contributed by atoms with van der Waals surface area (Å²) in [5.74, 6) is -0.586. The fraction of sp³-hybridized carbons (Fsp3) is 0.381. The van der Waals surface area contributed by atoms with E-state index in [4.69, 9.17) is 18.9 Å². The highest BCUT2D eigenvalue weighted by molar-refractivity contribution is 5.89. The van der Waals surface area contributed by atoms with Crippen molar-refractivity contribution in [1.29, 1.82) is 0 Å². The van der Waals surface area contributed by atoms with Crippen LogP contribution in [0.3, 0.4) is 0 Å². The van der Waals surface area contributed by atoms with Crippen LogP contribution in [0.4, 0.5) is 0 Å². The molecule has 2 aliphatic rings. The van der Waals surface area contributed by atoms with Crippen LogP contribution in [0.2, 0.25) is 0 Å². The second-order valence-electron chi connectivity index (χ2n) is 13.0. The molecule has 0 bridgehead atoms. The number of halogens is 2. The van der Waals surface area contributed by atoms with Crippen LogP contribution in [0.5, 0.6) is 0 Å². The van der Waals surface area contributed by atoms with Gasteiger partial charge >= 0.3 is 11.9 Å². The van der Waals surface area contributed by atoms with E-state index in [1.807, 2.05) is 60.7 Å². The minimum atomic E-state index is -0.293. The van der Waals surface area contributed by atoms with Crippen LogP contribution in [0.15, 0.2) is 109 Å². The molecule has 2 aliphatic heterocycles. The average Bonchev–Trinajstić information content (AvgIpc) is 3.19. The summed E-state index contributed by atoms with van der Waals surface area (Å²) in [5, 5.41) is 0. The fourth-order valence-corrected chi connectivity index (χ4v) is 6.61. The number of ether oxygens (including phenoxy) is 4. The van der Waals surface area contributed by atoms with Gasteiger partial charge in [-0.1, -0.05) is 84.9 Å². The van der Waals surface area contributed by atoms with Crippen molar-refractivity contribution in [2.24, 2.45) is 0 Å². The molecule has 11 heteroatoms. The van der Waals surface area contributed by atoms with Crippen LogP contribution in [-0.4, -0.2) is 92.9 Å². The number of hydrogen-bond donors (Lipinski definition) is 0. The number of morpholine rings is 2. The summed E-state index contributed by atoms with van der Waals surface area (Å²) in [6.07, 6.45) is 2.17. The van der Waals surface area contributed by atoms with Gasteiger partial charge in [0.1, 0.15) is 0 Å².